The monoisotopic (exact) mass is 224 g/mol. The van der Waals surface area contributed by atoms with Crippen molar-refractivity contribution in [1.82, 2.24) is 0 Å². The van der Waals surface area contributed by atoms with Crippen molar-refractivity contribution in [2.24, 2.45) is 0 Å². The van der Waals surface area contributed by atoms with E-state index < -0.39 is 11.6 Å². The molecule has 0 saturated carbocycles. The Bertz CT molecular complexity index is 391. The van der Waals surface area contributed by atoms with Gasteiger partial charge in [-0.1, -0.05) is 18.2 Å². The van der Waals surface area contributed by atoms with E-state index in [1.807, 2.05) is 24.3 Å². The number of ether oxygens (including phenoxy) is 1. The lowest BCUT2D eigenvalue weighted by molar-refractivity contribution is -0.164. The van der Waals surface area contributed by atoms with E-state index in [1.54, 1.807) is 11.8 Å². The highest BCUT2D eigenvalue weighted by Crippen LogP contribution is 2.42. The first kappa shape index (κ1) is 10.5. The average Bonchev–Trinajstić information content (AvgIpc) is 2.28. The van der Waals surface area contributed by atoms with Crippen LogP contribution in [0.2, 0.25) is 0 Å². The number of hydrogen-bond donors (Lipinski definition) is 1. The Kier molecular flexibility index (Phi) is 2.71. The van der Waals surface area contributed by atoms with Crippen molar-refractivity contribution in [1.29, 1.82) is 0 Å². The Hall–Kier alpha value is -1.00. The predicted octanol–water partition coefficient (Wildman–Crippen LogP) is 2.11. The van der Waals surface area contributed by atoms with Gasteiger partial charge in [-0.25, -0.2) is 4.79 Å². The predicted molar refractivity (Wildman–Crippen MR) is 58.1 cm³/mol. The summed E-state index contributed by atoms with van der Waals surface area (Å²) in [7, 11) is 1.46. The number of benzene rings is 1. The third kappa shape index (κ3) is 1.54. The van der Waals surface area contributed by atoms with E-state index in [9.17, 15) is 9.90 Å². The number of hydrogen-bond acceptors (Lipinski definition) is 3. The molecule has 0 bridgehead atoms. The SMILES string of the molecule is COC1(C(=O)O)CCSc2ccccc21. The first-order valence-corrected chi connectivity index (χ1v) is 5.70. The maximum atomic E-state index is 11.3. The fourth-order valence-corrected chi connectivity index (χ4v) is 3.06. The average molecular weight is 224 g/mol. The van der Waals surface area contributed by atoms with Gasteiger partial charge in [0.15, 0.2) is 5.60 Å². The van der Waals surface area contributed by atoms with Crippen LogP contribution >= 0.6 is 11.8 Å². The molecule has 4 heteroatoms. The van der Waals surface area contributed by atoms with Crippen LogP contribution in [0.5, 0.6) is 0 Å². The summed E-state index contributed by atoms with van der Waals surface area (Å²) in [6.07, 6.45) is 0.514. The molecule has 1 N–H and O–H groups in total. The van der Waals surface area contributed by atoms with Crippen molar-refractivity contribution in [3.05, 3.63) is 29.8 Å². The van der Waals surface area contributed by atoms with E-state index in [0.29, 0.717) is 6.42 Å². The van der Waals surface area contributed by atoms with Gasteiger partial charge in [-0.15, -0.1) is 11.8 Å². The molecule has 1 aromatic carbocycles. The molecular weight excluding hydrogens is 212 g/mol. The second-order valence-corrected chi connectivity index (χ2v) is 4.57. The third-order valence-electron chi connectivity index (χ3n) is 2.73. The van der Waals surface area contributed by atoms with Crippen LogP contribution in [-0.2, 0) is 15.1 Å². The summed E-state index contributed by atoms with van der Waals surface area (Å²) in [6.45, 7) is 0. The van der Waals surface area contributed by atoms with Crippen LogP contribution in [0, 0.1) is 0 Å². The molecule has 0 aromatic heterocycles. The van der Waals surface area contributed by atoms with Crippen LogP contribution in [0.25, 0.3) is 0 Å². The molecule has 0 amide bonds. The van der Waals surface area contributed by atoms with Gasteiger partial charge >= 0.3 is 5.97 Å². The Morgan fingerprint density at radius 2 is 2.27 bits per heavy atom. The number of fused-ring (bicyclic) bond motifs is 1. The lowest BCUT2D eigenvalue weighted by atomic mass is 9.90. The summed E-state index contributed by atoms with van der Waals surface area (Å²) in [5.74, 6) is -0.130. The summed E-state index contributed by atoms with van der Waals surface area (Å²) in [6, 6.07) is 7.54. The zero-order valence-electron chi connectivity index (χ0n) is 8.40. The van der Waals surface area contributed by atoms with Gasteiger partial charge in [-0.3, -0.25) is 0 Å². The lowest BCUT2D eigenvalue weighted by Gasteiger charge is -2.33. The zero-order chi connectivity index (χ0) is 10.9. The molecule has 0 saturated heterocycles. The highest BCUT2D eigenvalue weighted by atomic mass is 32.2. The van der Waals surface area contributed by atoms with Gasteiger partial charge < -0.3 is 9.84 Å². The zero-order valence-corrected chi connectivity index (χ0v) is 9.21. The van der Waals surface area contributed by atoms with E-state index in [2.05, 4.69) is 0 Å². The van der Waals surface area contributed by atoms with E-state index in [-0.39, 0.29) is 0 Å². The molecule has 3 nitrogen and oxygen atoms in total. The Labute approximate surface area is 92.4 Å². The Morgan fingerprint density at radius 1 is 1.53 bits per heavy atom. The third-order valence-corrected chi connectivity index (χ3v) is 3.80. The van der Waals surface area contributed by atoms with Gasteiger partial charge in [0, 0.05) is 29.7 Å². The van der Waals surface area contributed by atoms with Crippen LogP contribution in [0.1, 0.15) is 12.0 Å². The molecule has 1 aliphatic heterocycles. The molecule has 1 unspecified atom stereocenters. The summed E-state index contributed by atoms with van der Waals surface area (Å²) >= 11 is 1.68. The second kappa shape index (κ2) is 3.87. The molecule has 2 rings (SSSR count). The van der Waals surface area contributed by atoms with Crippen molar-refractivity contribution >= 4 is 17.7 Å². The number of carboxylic acids is 1. The Morgan fingerprint density at radius 3 is 2.93 bits per heavy atom. The summed E-state index contributed by atoms with van der Waals surface area (Å²) in [5.41, 5.74) is -0.377. The van der Waals surface area contributed by atoms with Gasteiger partial charge in [0.2, 0.25) is 0 Å². The Balaban J connectivity index is 2.57. The number of methoxy groups -OCH3 is 1. The van der Waals surface area contributed by atoms with E-state index in [4.69, 9.17) is 4.74 Å². The molecule has 1 aromatic rings. The first-order valence-electron chi connectivity index (χ1n) is 4.71. The molecule has 15 heavy (non-hydrogen) atoms. The molecule has 1 atom stereocenters. The van der Waals surface area contributed by atoms with Crippen LogP contribution in [-0.4, -0.2) is 23.9 Å². The van der Waals surface area contributed by atoms with Gasteiger partial charge in [-0.2, -0.15) is 0 Å². The number of carbonyl (C=O) groups is 1. The fourth-order valence-electron chi connectivity index (χ4n) is 1.89. The highest BCUT2D eigenvalue weighted by molar-refractivity contribution is 7.99. The van der Waals surface area contributed by atoms with Crippen LogP contribution in [0.3, 0.4) is 0 Å². The number of carboxylic acid groups (broad SMARTS) is 1. The summed E-state index contributed by atoms with van der Waals surface area (Å²) in [4.78, 5) is 12.3. The van der Waals surface area contributed by atoms with Crippen LogP contribution in [0.4, 0.5) is 0 Å². The van der Waals surface area contributed by atoms with E-state index in [1.165, 1.54) is 7.11 Å². The normalized spacial score (nSPS) is 24.6. The molecule has 80 valence electrons. The molecule has 0 radical (unpaired) electrons. The van der Waals surface area contributed by atoms with Crippen molar-refractivity contribution in [3.8, 4) is 0 Å². The topological polar surface area (TPSA) is 46.5 Å². The summed E-state index contributed by atoms with van der Waals surface area (Å²) in [5, 5.41) is 9.30. The smallest absolute Gasteiger partial charge is 0.340 e. The van der Waals surface area contributed by atoms with Crippen LogP contribution in [0.15, 0.2) is 29.2 Å². The maximum Gasteiger partial charge on any atom is 0.340 e. The van der Waals surface area contributed by atoms with Crippen molar-refractivity contribution in [3.63, 3.8) is 0 Å². The van der Waals surface area contributed by atoms with Crippen molar-refractivity contribution in [2.45, 2.75) is 16.9 Å². The van der Waals surface area contributed by atoms with Crippen molar-refractivity contribution in [2.75, 3.05) is 12.9 Å². The van der Waals surface area contributed by atoms with E-state index in [0.717, 1.165) is 16.2 Å². The minimum absolute atomic E-state index is 0.514. The molecule has 0 fully saturated rings. The van der Waals surface area contributed by atoms with Gasteiger partial charge in [0.25, 0.3) is 0 Å². The number of thioether (sulfide) groups is 1. The largest absolute Gasteiger partial charge is 0.479 e. The summed E-state index contributed by atoms with van der Waals surface area (Å²) < 4.78 is 5.25. The second-order valence-electron chi connectivity index (χ2n) is 3.43. The minimum atomic E-state index is -1.15. The van der Waals surface area contributed by atoms with Crippen molar-refractivity contribution < 1.29 is 14.6 Å². The quantitative estimate of drug-likeness (QED) is 0.835. The fraction of sp³-hybridized carbons (Fsp3) is 0.364. The molecule has 0 spiro atoms. The minimum Gasteiger partial charge on any atom is -0.479 e. The van der Waals surface area contributed by atoms with Crippen LogP contribution < -0.4 is 0 Å². The van der Waals surface area contributed by atoms with Gasteiger partial charge in [0.05, 0.1) is 0 Å². The molecular formula is C11H12O3S. The number of rotatable bonds is 2. The highest BCUT2D eigenvalue weighted by Gasteiger charge is 2.44. The molecule has 1 aliphatic rings. The molecule has 0 aliphatic carbocycles. The van der Waals surface area contributed by atoms with Gasteiger partial charge in [0.1, 0.15) is 0 Å². The maximum absolute atomic E-state index is 11.3. The van der Waals surface area contributed by atoms with E-state index >= 15 is 0 Å². The standard InChI is InChI=1S/C11H12O3S/c1-14-11(10(12)13)6-7-15-9-5-3-2-4-8(9)11/h2-5H,6-7H2,1H3,(H,12,13). The lowest BCUT2D eigenvalue weighted by Crippen LogP contribution is -2.40. The molecule has 1 heterocycles. The first-order chi connectivity index (χ1) is 7.20. The van der Waals surface area contributed by atoms with Gasteiger partial charge in [-0.05, 0) is 6.07 Å². The number of aliphatic carboxylic acids is 1.